The molecule has 2 N–H and O–H groups in total. The second-order valence-corrected chi connectivity index (χ2v) is 25.2. The van der Waals surface area contributed by atoms with Crippen molar-refractivity contribution < 1.29 is 18.6 Å². The average Bonchev–Trinajstić information content (AvgIpc) is 3.30. The lowest BCUT2D eigenvalue weighted by atomic mass is 10.0. The molecular formula is C60H124N4O2S2+2. The van der Waals surface area contributed by atoms with Gasteiger partial charge in [-0.25, -0.2) is 0 Å². The summed E-state index contributed by atoms with van der Waals surface area (Å²) in [4.78, 5) is 24.5. The first kappa shape index (κ1) is 67.6. The van der Waals surface area contributed by atoms with Crippen molar-refractivity contribution in [3.8, 4) is 0 Å². The zero-order valence-electron chi connectivity index (χ0n) is 47.9. The van der Waals surface area contributed by atoms with Crippen LogP contribution >= 0.6 is 21.6 Å². The predicted molar refractivity (Wildman–Crippen MR) is 309 cm³/mol. The van der Waals surface area contributed by atoms with Crippen molar-refractivity contribution in [2.75, 3.05) is 50.8 Å². The first-order chi connectivity index (χ1) is 32.9. The van der Waals surface area contributed by atoms with Crippen molar-refractivity contribution >= 4 is 33.4 Å². The topological polar surface area (TPSA) is 58.2 Å². The van der Waals surface area contributed by atoms with E-state index in [1.54, 1.807) is 0 Å². The molecule has 0 bridgehead atoms. The van der Waals surface area contributed by atoms with Crippen LogP contribution in [0.2, 0.25) is 0 Å². The van der Waals surface area contributed by atoms with Crippen LogP contribution in [0.15, 0.2) is 0 Å². The summed E-state index contributed by atoms with van der Waals surface area (Å²) in [6, 6.07) is 2.90. The molecule has 0 aromatic rings. The van der Waals surface area contributed by atoms with E-state index in [1.807, 2.05) is 21.6 Å². The molecule has 6 nitrogen and oxygen atoms in total. The molecule has 68 heavy (non-hydrogen) atoms. The summed E-state index contributed by atoms with van der Waals surface area (Å²) in [6.45, 7) is 30.9. The zero-order valence-corrected chi connectivity index (χ0v) is 49.6. The Morgan fingerprint density at radius 1 is 0.324 bits per heavy atom. The van der Waals surface area contributed by atoms with Crippen LogP contribution in [0, 0.1) is 0 Å². The average molecular weight is 998 g/mol. The van der Waals surface area contributed by atoms with Crippen LogP contribution in [0.5, 0.6) is 0 Å². The van der Waals surface area contributed by atoms with E-state index in [2.05, 4.69) is 79.9 Å². The molecule has 0 radical (unpaired) electrons. The van der Waals surface area contributed by atoms with Crippen LogP contribution in [0.4, 0.5) is 0 Å². The number of amides is 2. The van der Waals surface area contributed by atoms with Crippen LogP contribution in [0.1, 0.15) is 300 Å². The molecule has 0 unspecified atom stereocenters. The number of carbonyl (C=O) groups is 2. The Balaban J connectivity index is 3.36. The Hall–Kier alpha value is -0.440. The van der Waals surface area contributed by atoms with Gasteiger partial charge in [0.05, 0.1) is 50.3 Å². The molecule has 0 atom stereocenters. The molecule has 0 aliphatic rings. The maximum Gasteiger partial charge on any atom is 0.219 e. The largest absolute Gasteiger partial charge is 0.356 e. The minimum Gasteiger partial charge on any atom is -0.356 e. The molecule has 0 fully saturated rings. The van der Waals surface area contributed by atoms with Crippen LogP contribution < -0.4 is 10.6 Å². The molecule has 0 saturated carbocycles. The smallest absolute Gasteiger partial charge is 0.219 e. The summed E-state index contributed by atoms with van der Waals surface area (Å²) < 4.78 is 2.56. The Bertz CT molecular complexity index is 1000. The van der Waals surface area contributed by atoms with Gasteiger partial charge in [-0.3, -0.25) is 9.59 Å². The van der Waals surface area contributed by atoms with E-state index in [-0.39, 0.29) is 11.8 Å². The van der Waals surface area contributed by atoms with Gasteiger partial charge in [-0.2, -0.15) is 0 Å². The molecule has 0 heterocycles. The van der Waals surface area contributed by atoms with Gasteiger partial charge >= 0.3 is 0 Å². The second kappa shape index (κ2) is 47.6. The third-order valence-corrected chi connectivity index (χ3v) is 18.9. The summed E-state index contributed by atoms with van der Waals surface area (Å²) >= 11 is 0. The molecule has 2 amide bonds. The van der Waals surface area contributed by atoms with E-state index in [4.69, 9.17) is 0 Å². The van der Waals surface area contributed by atoms with Gasteiger partial charge in [-0.05, 0) is 133 Å². The highest BCUT2D eigenvalue weighted by Gasteiger charge is 2.33. The Kier molecular flexibility index (Phi) is 47.2. The second-order valence-electron chi connectivity index (χ2n) is 22.5. The van der Waals surface area contributed by atoms with Crippen LogP contribution in [0.3, 0.4) is 0 Å². The van der Waals surface area contributed by atoms with Gasteiger partial charge < -0.3 is 19.6 Å². The van der Waals surface area contributed by atoms with Crippen molar-refractivity contribution in [3.63, 3.8) is 0 Å². The number of hydrogen-bond acceptors (Lipinski definition) is 4. The van der Waals surface area contributed by atoms with Gasteiger partial charge in [-0.1, -0.05) is 176 Å². The van der Waals surface area contributed by atoms with Crippen LogP contribution in [0.25, 0.3) is 0 Å². The van der Waals surface area contributed by atoms with E-state index >= 15 is 0 Å². The number of nitrogens with zero attached hydrogens (tertiary/aromatic N) is 2. The first-order valence-corrected chi connectivity index (χ1v) is 32.9. The maximum absolute atomic E-state index is 12.2. The van der Waals surface area contributed by atoms with Gasteiger partial charge in [0.1, 0.15) is 0 Å². The summed E-state index contributed by atoms with van der Waals surface area (Å²) in [5, 5.41) is 6.31. The molecule has 0 rings (SSSR count). The SMILES string of the molecule is CC[N+](CCCCCCCCCCCCCCCC(=O)NCCCCCCSSCCCCCCNC(=O)CCCCCCCCCCCCCCC[N+](CC)(C(C)C)C(C)C)(C(C)C)C(C)C. The lowest BCUT2D eigenvalue weighted by Gasteiger charge is -2.45. The normalized spacial score (nSPS) is 12.4. The summed E-state index contributed by atoms with van der Waals surface area (Å²) in [6.07, 6.45) is 46.1. The third-order valence-electron chi connectivity index (χ3n) is 16.3. The van der Waals surface area contributed by atoms with E-state index in [0.717, 1.165) is 62.9 Å². The van der Waals surface area contributed by atoms with Crippen LogP contribution in [-0.4, -0.2) is 95.7 Å². The summed E-state index contributed by atoms with van der Waals surface area (Å²) in [5.41, 5.74) is 0. The number of unbranched alkanes of at least 4 members (excludes halogenated alkanes) is 30. The van der Waals surface area contributed by atoms with E-state index in [1.165, 1.54) is 239 Å². The standard InChI is InChI=1S/C60H122N4O2S2/c1-11-63(55(3)4,56(5)6)51-43-35-29-25-21-17-13-15-19-23-27-31-39-47-59(65)61-49-41-33-37-45-53-67-68-54-46-38-34-42-50-62-60(66)48-40-32-28-24-20-16-14-18-22-26-30-36-44-52-64(12-2,57(7)8)58(9)10/h55-58H,11-54H2,1-10H3/p+2. The molecule has 0 aliphatic carbocycles. The van der Waals surface area contributed by atoms with Gasteiger partial charge in [0, 0.05) is 37.4 Å². The minimum absolute atomic E-state index is 0.255. The van der Waals surface area contributed by atoms with Crippen molar-refractivity contribution in [2.45, 2.75) is 325 Å². The fourth-order valence-electron chi connectivity index (χ4n) is 11.3. The molecule has 0 spiro atoms. The quantitative estimate of drug-likeness (QED) is 0.0362. The highest BCUT2D eigenvalue weighted by atomic mass is 33.1. The molecule has 0 saturated heterocycles. The molecule has 0 aliphatic heterocycles. The zero-order chi connectivity index (χ0) is 50.4. The Labute approximate surface area is 435 Å². The number of rotatable bonds is 53. The predicted octanol–water partition coefficient (Wildman–Crippen LogP) is 18.0. The van der Waals surface area contributed by atoms with Crippen molar-refractivity contribution in [3.05, 3.63) is 0 Å². The van der Waals surface area contributed by atoms with E-state index in [9.17, 15) is 9.59 Å². The summed E-state index contributed by atoms with van der Waals surface area (Å²) in [5.74, 6) is 2.98. The molecule has 0 aromatic heterocycles. The Morgan fingerprint density at radius 2 is 0.544 bits per heavy atom. The minimum atomic E-state index is 0.255. The number of nitrogens with one attached hydrogen (secondary N) is 2. The molecular weight excluding hydrogens is 873 g/mol. The monoisotopic (exact) mass is 997 g/mol. The first-order valence-electron chi connectivity index (χ1n) is 30.4. The molecule has 406 valence electrons. The highest BCUT2D eigenvalue weighted by Crippen LogP contribution is 2.26. The molecule has 0 aromatic carbocycles. The summed E-state index contributed by atoms with van der Waals surface area (Å²) in [7, 11) is 4.06. The maximum atomic E-state index is 12.2. The fraction of sp³-hybridized carbons (Fsp3) is 0.967. The van der Waals surface area contributed by atoms with Crippen molar-refractivity contribution in [2.24, 2.45) is 0 Å². The number of quaternary nitrogens is 2. The van der Waals surface area contributed by atoms with Crippen molar-refractivity contribution in [1.29, 1.82) is 0 Å². The lowest BCUT2D eigenvalue weighted by Crippen LogP contribution is -2.58. The van der Waals surface area contributed by atoms with Crippen molar-refractivity contribution in [1.82, 2.24) is 10.6 Å². The van der Waals surface area contributed by atoms with Gasteiger partial charge in [0.15, 0.2) is 0 Å². The third kappa shape index (κ3) is 36.5. The van der Waals surface area contributed by atoms with E-state index in [0.29, 0.717) is 12.8 Å². The number of carbonyl (C=O) groups excluding carboxylic acids is 2. The van der Waals surface area contributed by atoms with E-state index < -0.39 is 0 Å². The number of hydrogen-bond donors (Lipinski definition) is 2. The van der Waals surface area contributed by atoms with Gasteiger partial charge in [0.25, 0.3) is 0 Å². The van der Waals surface area contributed by atoms with Gasteiger partial charge in [-0.15, -0.1) is 0 Å². The van der Waals surface area contributed by atoms with Gasteiger partial charge in [0.2, 0.25) is 11.8 Å². The molecule has 8 heteroatoms. The van der Waals surface area contributed by atoms with Crippen LogP contribution in [-0.2, 0) is 9.59 Å². The Morgan fingerprint density at radius 3 is 0.794 bits per heavy atom. The highest BCUT2D eigenvalue weighted by molar-refractivity contribution is 8.76. The lowest BCUT2D eigenvalue weighted by molar-refractivity contribution is -0.965. The fourth-order valence-corrected chi connectivity index (χ4v) is 13.6.